The largest absolute Gasteiger partial charge is 0.411 e. The molecule has 0 heterocycles. The van der Waals surface area contributed by atoms with Gasteiger partial charge in [0.2, 0.25) is 0 Å². The fourth-order valence-electron chi connectivity index (χ4n) is 0.390. The minimum absolute atomic E-state index is 0.0425. The highest BCUT2D eigenvalue weighted by molar-refractivity contribution is 9.09. The van der Waals surface area contributed by atoms with Gasteiger partial charge < -0.3 is 10.4 Å². The number of alkyl halides is 1. The summed E-state index contributed by atoms with van der Waals surface area (Å²) in [7, 11) is 0. The van der Waals surface area contributed by atoms with Crippen molar-refractivity contribution in [3.8, 4) is 0 Å². The van der Waals surface area contributed by atoms with Gasteiger partial charge in [0.25, 0.3) is 0 Å². The second-order valence-corrected chi connectivity index (χ2v) is 2.47. The molecule has 0 aromatic heterocycles. The van der Waals surface area contributed by atoms with Crippen LogP contribution in [0.5, 0.6) is 0 Å². The van der Waals surface area contributed by atoms with Crippen molar-refractivity contribution >= 4 is 27.9 Å². The van der Waals surface area contributed by atoms with Crippen LogP contribution in [0.1, 0.15) is 6.92 Å². The zero-order valence-corrected chi connectivity index (χ0v) is 7.11. The van der Waals surface area contributed by atoms with E-state index in [-0.39, 0.29) is 5.92 Å². The summed E-state index contributed by atoms with van der Waals surface area (Å²) in [6, 6.07) is 0. The lowest BCUT2D eigenvalue weighted by Gasteiger charge is -2.02. The van der Waals surface area contributed by atoms with Crippen LogP contribution < -0.4 is 0 Å². The Morgan fingerprint density at radius 3 is 2.60 bits per heavy atom. The molecule has 1 unspecified atom stereocenters. The third-order valence-electron chi connectivity index (χ3n) is 1.04. The molecule has 0 bridgehead atoms. The number of hydrogen-bond donors (Lipinski definition) is 2. The van der Waals surface area contributed by atoms with E-state index in [2.05, 4.69) is 26.2 Å². The Bertz CT molecular complexity index is 147. The number of halogens is 1. The van der Waals surface area contributed by atoms with Crippen LogP contribution in [0.2, 0.25) is 0 Å². The van der Waals surface area contributed by atoms with Crippen LogP contribution in [-0.4, -0.2) is 27.7 Å². The molecule has 58 valence electrons. The van der Waals surface area contributed by atoms with Crippen LogP contribution in [0.15, 0.2) is 10.3 Å². The van der Waals surface area contributed by atoms with Crippen LogP contribution >= 0.6 is 15.9 Å². The van der Waals surface area contributed by atoms with Gasteiger partial charge in [-0.15, -0.1) is 0 Å². The van der Waals surface area contributed by atoms with Crippen molar-refractivity contribution in [2.75, 3.05) is 5.33 Å². The third-order valence-corrected chi connectivity index (χ3v) is 2.01. The summed E-state index contributed by atoms with van der Waals surface area (Å²) < 4.78 is 0. The molecule has 0 aromatic carbocycles. The van der Waals surface area contributed by atoms with Crippen molar-refractivity contribution in [3.05, 3.63) is 0 Å². The molecule has 2 N–H and O–H groups in total. The lowest BCUT2D eigenvalue weighted by atomic mass is 10.1. The maximum Gasteiger partial charge on any atom is 0.105 e. The molecule has 0 fully saturated rings. The number of nitrogens with zero attached hydrogens (tertiary/aromatic N) is 2. The Kier molecular flexibility index (Phi) is 4.92. The minimum Gasteiger partial charge on any atom is -0.411 e. The van der Waals surface area contributed by atoms with Crippen molar-refractivity contribution in [2.45, 2.75) is 6.92 Å². The molecule has 0 radical (unpaired) electrons. The van der Waals surface area contributed by atoms with Crippen molar-refractivity contribution in [3.63, 3.8) is 0 Å². The first-order chi connectivity index (χ1) is 4.76. The first-order valence-corrected chi connectivity index (χ1v) is 3.83. The molecule has 0 saturated carbocycles. The summed E-state index contributed by atoms with van der Waals surface area (Å²) in [6.07, 6.45) is 1.10. The van der Waals surface area contributed by atoms with E-state index in [4.69, 9.17) is 10.4 Å². The Morgan fingerprint density at radius 1 is 1.70 bits per heavy atom. The zero-order chi connectivity index (χ0) is 7.98. The smallest absolute Gasteiger partial charge is 0.105 e. The molecule has 0 aliphatic carbocycles. The summed E-state index contributed by atoms with van der Waals surface area (Å²) in [5.41, 5.74) is 0.347. The molecule has 10 heavy (non-hydrogen) atoms. The fourth-order valence-corrected chi connectivity index (χ4v) is 0.722. The standard InChI is InChI=1S/C5H9BrN2O2/c1-4(2-6)5(8-10)3-7-9/h3-4,9-10H,2H2,1H3. The van der Waals surface area contributed by atoms with Crippen LogP contribution in [0.25, 0.3) is 0 Å². The highest BCUT2D eigenvalue weighted by Gasteiger charge is 2.06. The van der Waals surface area contributed by atoms with Crippen molar-refractivity contribution < 1.29 is 10.4 Å². The molecular weight excluding hydrogens is 200 g/mol. The van der Waals surface area contributed by atoms with Crippen molar-refractivity contribution in [1.29, 1.82) is 0 Å². The summed E-state index contributed by atoms with van der Waals surface area (Å²) in [5, 5.41) is 22.7. The number of oxime groups is 2. The zero-order valence-electron chi connectivity index (χ0n) is 5.53. The Hall–Kier alpha value is -0.580. The van der Waals surface area contributed by atoms with Crippen molar-refractivity contribution in [1.82, 2.24) is 0 Å². The van der Waals surface area contributed by atoms with Crippen LogP contribution in [0.4, 0.5) is 0 Å². The highest BCUT2D eigenvalue weighted by atomic mass is 79.9. The SMILES string of the molecule is CC(CBr)C(C=NO)=NO. The molecule has 0 rings (SSSR count). The third kappa shape index (κ3) is 2.82. The molecule has 0 spiro atoms. The van der Waals surface area contributed by atoms with E-state index in [9.17, 15) is 0 Å². The normalized spacial score (nSPS) is 16.0. The van der Waals surface area contributed by atoms with E-state index in [1.54, 1.807) is 0 Å². The molecule has 0 saturated heterocycles. The molecule has 0 aromatic rings. The maximum atomic E-state index is 8.32. The Balaban J connectivity index is 4.08. The maximum absolute atomic E-state index is 8.32. The quantitative estimate of drug-likeness (QED) is 0.318. The predicted molar refractivity (Wildman–Crippen MR) is 42.5 cm³/mol. The lowest BCUT2D eigenvalue weighted by Crippen LogP contribution is -2.13. The summed E-state index contributed by atoms with van der Waals surface area (Å²) in [5.74, 6) is 0.0425. The van der Waals surface area contributed by atoms with E-state index >= 15 is 0 Å². The van der Waals surface area contributed by atoms with E-state index in [1.807, 2.05) is 6.92 Å². The second-order valence-electron chi connectivity index (χ2n) is 1.82. The topological polar surface area (TPSA) is 65.2 Å². The number of hydrogen-bond acceptors (Lipinski definition) is 4. The average Bonchev–Trinajstić information content (AvgIpc) is 1.99. The summed E-state index contributed by atoms with van der Waals surface area (Å²) in [6.45, 7) is 1.84. The van der Waals surface area contributed by atoms with E-state index in [0.29, 0.717) is 11.0 Å². The Morgan fingerprint density at radius 2 is 2.30 bits per heavy atom. The van der Waals surface area contributed by atoms with Gasteiger partial charge in [0, 0.05) is 11.2 Å². The first-order valence-electron chi connectivity index (χ1n) is 2.71. The number of rotatable bonds is 3. The van der Waals surface area contributed by atoms with E-state index < -0.39 is 0 Å². The molecule has 1 atom stereocenters. The van der Waals surface area contributed by atoms with Crippen molar-refractivity contribution in [2.24, 2.45) is 16.2 Å². The van der Waals surface area contributed by atoms with Crippen LogP contribution in [-0.2, 0) is 0 Å². The fraction of sp³-hybridized carbons (Fsp3) is 0.600. The van der Waals surface area contributed by atoms with Gasteiger partial charge in [-0.1, -0.05) is 33.2 Å². The predicted octanol–water partition coefficient (Wildman–Crippen LogP) is 1.31. The molecular formula is C5H9BrN2O2. The summed E-state index contributed by atoms with van der Waals surface area (Å²) in [4.78, 5) is 0. The monoisotopic (exact) mass is 208 g/mol. The molecule has 0 aliphatic heterocycles. The molecule has 0 aliphatic rings. The van der Waals surface area contributed by atoms with Gasteiger partial charge >= 0.3 is 0 Å². The molecule has 5 heteroatoms. The van der Waals surface area contributed by atoms with Gasteiger partial charge in [-0.2, -0.15) is 0 Å². The van der Waals surface area contributed by atoms with Crippen LogP contribution in [0, 0.1) is 5.92 Å². The molecule has 4 nitrogen and oxygen atoms in total. The van der Waals surface area contributed by atoms with Gasteiger partial charge in [0.15, 0.2) is 0 Å². The minimum atomic E-state index is 0.0425. The van der Waals surface area contributed by atoms with E-state index in [1.165, 1.54) is 0 Å². The highest BCUT2D eigenvalue weighted by Crippen LogP contribution is 2.01. The second kappa shape index (κ2) is 5.22. The van der Waals surface area contributed by atoms with Crippen LogP contribution in [0.3, 0.4) is 0 Å². The summed E-state index contributed by atoms with van der Waals surface area (Å²) >= 11 is 3.19. The van der Waals surface area contributed by atoms with Gasteiger partial charge in [-0.3, -0.25) is 0 Å². The molecule has 0 amide bonds. The first kappa shape index (κ1) is 9.42. The van der Waals surface area contributed by atoms with E-state index in [0.717, 1.165) is 6.21 Å². The lowest BCUT2D eigenvalue weighted by molar-refractivity contribution is 0.313. The van der Waals surface area contributed by atoms with Gasteiger partial charge in [-0.25, -0.2) is 0 Å². The average molecular weight is 209 g/mol. The Labute approximate surface area is 67.4 Å². The van der Waals surface area contributed by atoms with Gasteiger partial charge in [-0.05, 0) is 0 Å². The van der Waals surface area contributed by atoms with Gasteiger partial charge in [0.05, 0.1) is 6.21 Å². The van der Waals surface area contributed by atoms with Gasteiger partial charge in [0.1, 0.15) is 5.71 Å².